The minimum Gasteiger partial charge on any atom is -0.334 e. The van der Waals surface area contributed by atoms with Gasteiger partial charge in [0.1, 0.15) is 5.82 Å². The number of benzene rings is 1. The first-order valence-electron chi connectivity index (χ1n) is 6.00. The number of aromatic amines is 1. The van der Waals surface area contributed by atoms with Crippen molar-refractivity contribution in [1.82, 2.24) is 20.2 Å². The second-order valence-corrected chi connectivity index (χ2v) is 4.82. The summed E-state index contributed by atoms with van der Waals surface area (Å²) < 4.78 is 13.3. The maximum atomic E-state index is 13.3. The molecule has 1 fully saturated rings. The zero-order chi connectivity index (χ0) is 13.4. The SMILES string of the molecule is O=C(c1nc2cc(Cl)c(F)cc2[nH]1)N1CCNCC1. The summed E-state index contributed by atoms with van der Waals surface area (Å²) in [6.07, 6.45) is 0. The third-order valence-electron chi connectivity index (χ3n) is 3.13. The molecule has 1 saturated heterocycles. The molecular formula is C12H12ClFN4O. The summed E-state index contributed by atoms with van der Waals surface area (Å²) in [5, 5.41) is 3.17. The van der Waals surface area contributed by atoms with Gasteiger partial charge in [0.05, 0.1) is 16.1 Å². The molecule has 2 heterocycles. The van der Waals surface area contributed by atoms with Crippen LogP contribution in [0.5, 0.6) is 0 Å². The molecule has 0 bridgehead atoms. The largest absolute Gasteiger partial charge is 0.334 e. The van der Waals surface area contributed by atoms with E-state index in [1.54, 1.807) is 4.90 Å². The Labute approximate surface area is 113 Å². The molecule has 19 heavy (non-hydrogen) atoms. The maximum Gasteiger partial charge on any atom is 0.289 e. The summed E-state index contributed by atoms with van der Waals surface area (Å²) in [5.41, 5.74) is 0.963. The predicted molar refractivity (Wildman–Crippen MR) is 69.8 cm³/mol. The number of amides is 1. The van der Waals surface area contributed by atoms with Gasteiger partial charge in [0.25, 0.3) is 5.91 Å². The van der Waals surface area contributed by atoms with Gasteiger partial charge in [-0.05, 0) is 6.07 Å². The van der Waals surface area contributed by atoms with Gasteiger partial charge in [0.2, 0.25) is 0 Å². The summed E-state index contributed by atoms with van der Waals surface area (Å²) in [6.45, 7) is 2.83. The lowest BCUT2D eigenvalue weighted by molar-refractivity contribution is 0.0725. The molecule has 5 nitrogen and oxygen atoms in total. The second kappa shape index (κ2) is 4.79. The summed E-state index contributed by atoms with van der Waals surface area (Å²) in [6, 6.07) is 2.66. The normalized spacial score (nSPS) is 16.0. The number of nitrogens with one attached hydrogen (secondary N) is 2. The van der Waals surface area contributed by atoms with Gasteiger partial charge < -0.3 is 15.2 Å². The number of nitrogens with zero attached hydrogens (tertiary/aromatic N) is 2. The number of carbonyl (C=O) groups is 1. The van der Waals surface area contributed by atoms with Crippen molar-refractivity contribution in [2.45, 2.75) is 0 Å². The van der Waals surface area contributed by atoms with Crippen LogP contribution in [0, 0.1) is 5.82 Å². The molecule has 0 radical (unpaired) electrons. The van der Waals surface area contributed by atoms with E-state index in [4.69, 9.17) is 11.6 Å². The molecule has 2 N–H and O–H groups in total. The molecule has 1 aromatic heterocycles. The second-order valence-electron chi connectivity index (χ2n) is 4.41. The van der Waals surface area contributed by atoms with Crippen molar-refractivity contribution in [2.75, 3.05) is 26.2 Å². The highest BCUT2D eigenvalue weighted by atomic mass is 35.5. The van der Waals surface area contributed by atoms with Crippen LogP contribution in [0.15, 0.2) is 12.1 Å². The Balaban J connectivity index is 1.94. The number of rotatable bonds is 1. The number of H-pyrrole nitrogens is 1. The lowest BCUT2D eigenvalue weighted by Gasteiger charge is -2.26. The molecule has 0 aliphatic carbocycles. The van der Waals surface area contributed by atoms with E-state index in [0.717, 1.165) is 13.1 Å². The van der Waals surface area contributed by atoms with Crippen molar-refractivity contribution in [3.05, 3.63) is 28.8 Å². The molecular weight excluding hydrogens is 271 g/mol. The minimum atomic E-state index is -0.529. The van der Waals surface area contributed by atoms with Crippen LogP contribution in [-0.2, 0) is 0 Å². The van der Waals surface area contributed by atoms with E-state index in [9.17, 15) is 9.18 Å². The van der Waals surface area contributed by atoms with Crippen LogP contribution in [0.4, 0.5) is 4.39 Å². The van der Waals surface area contributed by atoms with Crippen molar-refractivity contribution < 1.29 is 9.18 Å². The Morgan fingerprint density at radius 3 is 2.84 bits per heavy atom. The smallest absolute Gasteiger partial charge is 0.289 e. The number of carbonyl (C=O) groups excluding carboxylic acids is 1. The van der Waals surface area contributed by atoms with E-state index < -0.39 is 5.82 Å². The Hall–Kier alpha value is -1.66. The van der Waals surface area contributed by atoms with Gasteiger partial charge in [-0.15, -0.1) is 0 Å². The third-order valence-corrected chi connectivity index (χ3v) is 3.42. The van der Waals surface area contributed by atoms with Crippen LogP contribution < -0.4 is 5.32 Å². The van der Waals surface area contributed by atoms with E-state index >= 15 is 0 Å². The number of hydrogen-bond acceptors (Lipinski definition) is 3. The first kappa shape index (κ1) is 12.4. The van der Waals surface area contributed by atoms with E-state index in [-0.39, 0.29) is 16.8 Å². The van der Waals surface area contributed by atoms with Crippen molar-refractivity contribution in [2.24, 2.45) is 0 Å². The average molecular weight is 283 g/mol. The van der Waals surface area contributed by atoms with Gasteiger partial charge in [0.15, 0.2) is 5.82 Å². The minimum absolute atomic E-state index is 0.000159. The van der Waals surface area contributed by atoms with Crippen LogP contribution >= 0.6 is 11.6 Å². The Morgan fingerprint density at radius 2 is 2.11 bits per heavy atom. The first-order chi connectivity index (χ1) is 9.15. The van der Waals surface area contributed by atoms with Gasteiger partial charge in [-0.3, -0.25) is 4.79 Å². The summed E-state index contributed by atoms with van der Waals surface area (Å²) in [7, 11) is 0. The topological polar surface area (TPSA) is 61.0 Å². The Bertz CT molecular complexity index is 597. The molecule has 7 heteroatoms. The number of imidazole rings is 1. The summed E-state index contributed by atoms with van der Waals surface area (Å²) in [5.74, 6) is -0.480. The fourth-order valence-corrected chi connectivity index (χ4v) is 2.28. The molecule has 1 aromatic carbocycles. The number of aromatic nitrogens is 2. The van der Waals surface area contributed by atoms with Crippen LogP contribution in [0.25, 0.3) is 11.0 Å². The Morgan fingerprint density at radius 1 is 1.37 bits per heavy atom. The van der Waals surface area contributed by atoms with Crippen LogP contribution in [0.2, 0.25) is 5.02 Å². The highest BCUT2D eigenvalue weighted by Crippen LogP contribution is 2.21. The molecule has 3 rings (SSSR count). The highest BCUT2D eigenvalue weighted by molar-refractivity contribution is 6.31. The van der Waals surface area contributed by atoms with Gasteiger partial charge in [-0.2, -0.15) is 0 Å². The zero-order valence-corrected chi connectivity index (χ0v) is 10.8. The fourth-order valence-electron chi connectivity index (χ4n) is 2.12. The highest BCUT2D eigenvalue weighted by Gasteiger charge is 2.21. The fraction of sp³-hybridized carbons (Fsp3) is 0.333. The molecule has 0 unspecified atom stereocenters. The van der Waals surface area contributed by atoms with Crippen LogP contribution in [0.1, 0.15) is 10.6 Å². The summed E-state index contributed by atoms with van der Waals surface area (Å²) in [4.78, 5) is 20.9. The molecule has 0 saturated carbocycles. The van der Waals surface area contributed by atoms with E-state index in [1.807, 2.05) is 0 Å². The number of hydrogen-bond donors (Lipinski definition) is 2. The van der Waals surface area contributed by atoms with Gasteiger partial charge in [0, 0.05) is 32.2 Å². The average Bonchev–Trinajstić information content (AvgIpc) is 2.82. The first-order valence-corrected chi connectivity index (χ1v) is 6.38. The standard InChI is InChI=1S/C12H12ClFN4O/c13-7-5-9-10(6-8(7)14)17-11(16-9)12(19)18-3-1-15-2-4-18/h5-6,15H,1-4H2,(H,16,17). The van der Waals surface area contributed by atoms with E-state index in [1.165, 1.54) is 12.1 Å². The van der Waals surface area contributed by atoms with Gasteiger partial charge in [-0.25, -0.2) is 9.37 Å². The van der Waals surface area contributed by atoms with E-state index in [0.29, 0.717) is 24.1 Å². The molecule has 2 aromatic rings. The monoisotopic (exact) mass is 282 g/mol. The maximum absolute atomic E-state index is 13.3. The van der Waals surface area contributed by atoms with Crippen LogP contribution in [0.3, 0.4) is 0 Å². The van der Waals surface area contributed by atoms with Gasteiger partial charge in [-0.1, -0.05) is 11.6 Å². The zero-order valence-electron chi connectivity index (χ0n) is 10.0. The van der Waals surface area contributed by atoms with Gasteiger partial charge >= 0.3 is 0 Å². The van der Waals surface area contributed by atoms with Crippen LogP contribution in [-0.4, -0.2) is 47.0 Å². The van der Waals surface area contributed by atoms with Crippen molar-refractivity contribution in [3.8, 4) is 0 Å². The molecule has 0 spiro atoms. The van der Waals surface area contributed by atoms with Crippen molar-refractivity contribution >= 4 is 28.5 Å². The van der Waals surface area contributed by atoms with Crippen molar-refractivity contribution in [1.29, 1.82) is 0 Å². The predicted octanol–water partition coefficient (Wildman–Crippen LogP) is 1.40. The third kappa shape index (κ3) is 2.29. The lowest BCUT2D eigenvalue weighted by atomic mass is 10.3. The lowest BCUT2D eigenvalue weighted by Crippen LogP contribution is -2.46. The Kier molecular flexibility index (Phi) is 3.12. The number of fused-ring (bicyclic) bond motifs is 1. The van der Waals surface area contributed by atoms with Crippen molar-refractivity contribution in [3.63, 3.8) is 0 Å². The molecule has 1 amide bonds. The molecule has 1 aliphatic heterocycles. The summed E-state index contributed by atoms with van der Waals surface area (Å²) >= 11 is 5.69. The quantitative estimate of drug-likeness (QED) is 0.831. The number of piperazine rings is 1. The van der Waals surface area contributed by atoms with E-state index in [2.05, 4.69) is 15.3 Å². The molecule has 100 valence electrons. The number of halogens is 2. The molecule has 0 atom stereocenters. The molecule has 1 aliphatic rings.